The normalized spacial score (nSPS) is 15.5. The van der Waals surface area contributed by atoms with Gasteiger partial charge in [0.1, 0.15) is 24.4 Å². The minimum absolute atomic E-state index is 0.221. The van der Waals surface area contributed by atoms with E-state index in [-0.39, 0.29) is 17.0 Å². The van der Waals surface area contributed by atoms with Crippen LogP contribution in [0, 0.1) is 0 Å². The van der Waals surface area contributed by atoms with E-state index >= 15 is 0 Å². The first kappa shape index (κ1) is 26.2. The molecule has 1 heterocycles. The van der Waals surface area contributed by atoms with Gasteiger partial charge in [0.05, 0.1) is 6.10 Å². The molecule has 0 aromatic heterocycles. The Hall–Kier alpha value is -1.75. The van der Waals surface area contributed by atoms with Gasteiger partial charge in [0.2, 0.25) is 0 Å². The monoisotopic (exact) mass is 405 g/mol. The number of hydrogen-bond donors (Lipinski definition) is 1. The van der Waals surface area contributed by atoms with Crippen LogP contribution < -0.4 is 4.74 Å². The van der Waals surface area contributed by atoms with Gasteiger partial charge in [-0.3, -0.25) is 0 Å². The predicted molar refractivity (Wildman–Crippen MR) is 123 cm³/mol. The molecule has 0 spiro atoms. The highest BCUT2D eigenvalue weighted by Gasteiger charge is 2.18. The van der Waals surface area contributed by atoms with E-state index in [1.165, 1.54) is 10.5 Å². The molecule has 3 rings (SSSR count). The summed E-state index contributed by atoms with van der Waals surface area (Å²) in [7, 11) is 1.22. The lowest BCUT2D eigenvalue weighted by Crippen LogP contribution is -2.16. The highest BCUT2D eigenvalue weighted by atomic mass is 32.2. The molecule has 1 fully saturated rings. The first-order valence-electron chi connectivity index (χ1n) is 9.77. The van der Waals surface area contributed by atoms with Gasteiger partial charge in [-0.05, 0) is 37.1 Å². The van der Waals surface area contributed by atoms with Crippen LogP contribution in [-0.2, 0) is 21.4 Å². The van der Waals surface area contributed by atoms with Crippen LogP contribution in [-0.4, -0.2) is 37.8 Å². The van der Waals surface area contributed by atoms with Gasteiger partial charge in [0.15, 0.2) is 4.90 Å². The maximum Gasteiger partial charge on any atom is 0.155 e. The number of aliphatic hydroxyl groups excluding tert-OH is 1. The summed E-state index contributed by atoms with van der Waals surface area (Å²) in [6.45, 7) is 11.5. The molecule has 1 saturated heterocycles. The van der Waals surface area contributed by atoms with E-state index in [4.69, 9.17) is 14.6 Å². The molecule has 0 radical (unpaired) electrons. The fraction of sp³-hybridized carbons (Fsp3) is 0.417. The molecule has 2 unspecified atom stereocenters. The Bertz CT molecular complexity index is 581. The highest BCUT2D eigenvalue weighted by molar-refractivity contribution is 7.95. The van der Waals surface area contributed by atoms with Crippen molar-refractivity contribution in [2.45, 2.75) is 43.4 Å². The minimum atomic E-state index is 0.221. The van der Waals surface area contributed by atoms with Crippen molar-refractivity contribution < 1.29 is 14.6 Å². The minimum Gasteiger partial charge on any atom is -0.491 e. The quantitative estimate of drug-likeness (QED) is 0.510. The molecule has 3 nitrogen and oxygen atoms in total. The van der Waals surface area contributed by atoms with Crippen LogP contribution in [0.3, 0.4) is 0 Å². The summed E-state index contributed by atoms with van der Waals surface area (Å²) in [6, 6.07) is 19.2. The molecular formula is C24H37O3S+. The second-order valence-electron chi connectivity index (χ2n) is 5.68. The van der Waals surface area contributed by atoms with Crippen molar-refractivity contribution in [3.8, 4) is 5.75 Å². The molecule has 2 aromatic rings. The van der Waals surface area contributed by atoms with Crippen molar-refractivity contribution in [2.24, 2.45) is 0 Å². The molecule has 2 atom stereocenters. The smallest absolute Gasteiger partial charge is 0.155 e. The summed E-state index contributed by atoms with van der Waals surface area (Å²) in [6.07, 6.45) is 4.85. The lowest BCUT2D eigenvalue weighted by Gasteiger charge is -2.11. The van der Waals surface area contributed by atoms with Crippen LogP contribution in [0.1, 0.15) is 32.3 Å². The Kier molecular flexibility index (Phi) is 16.3. The van der Waals surface area contributed by atoms with Crippen LogP contribution in [0.5, 0.6) is 5.75 Å². The van der Waals surface area contributed by atoms with Crippen molar-refractivity contribution in [1.82, 2.24) is 0 Å². The number of aliphatic hydroxyl groups is 1. The van der Waals surface area contributed by atoms with Crippen molar-refractivity contribution in [3.63, 3.8) is 0 Å². The third-order valence-electron chi connectivity index (χ3n) is 3.91. The molecule has 0 saturated carbocycles. The van der Waals surface area contributed by atoms with Gasteiger partial charge in [-0.25, -0.2) is 0 Å². The van der Waals surface area contributed by atoms with Crippen molar-refractivity contribution in [1.29, 1.82) is 0 Å². The average Bonchev–Trinajstić information content (AvgIpc) is 3.31. The first-order chi connectivity index (χ1) is 13.8. The number of ether oxygens (including phenoxy) is 2. The maximum atomic E-state index is 7.00. The second kappa shape index (κ2) is 17.4. The molecule has 0 amide bonds. The van der Waals surface area contributed by atoms with Crippen LogP contribution in [0.25, 0.3) is 0 Å². The largest absolute Gasteiger partial charge is 0.491 e. The molecule has 1 aliphatic rings. The Balaban J connectivity index is 0.00000111. The van der Waals surface area contributed by atoms with E-state index in [0.717, 1.165) is 38.1 Å². The number of rotatable bonds is 6. The van der Waals surface area contributed by atoms with E-state index in [9.17, 15) is 0 Å². The molecule has 156 valence electrons. The van der Waals surface area contributed by atoms with Crippen LogP contribution >= 0.6 is 0 Å². The van der Waals surface area contributed by atoms with Gasteiger partial charge >= 0.3 is 0 Å². The Morgan fingerprint density at radius 1 is 1.04 bits per heavy atom. The molecule has 4 heteroatoms. The average molecular weight is 406 g/mol. The van der Waals surface area contributed by atoms with Gasteiger partial charge < -0.3 is 14.6 Å². The van der Waals surface area contributed by atoms with E-state index in [0.29, 0.717) is 6.61 Å². The molecule has 2 aromatic carbocycles. The molecule has 1 N–H and O–H groups in total. The first-order valence-corrected chi connectivity index (χ1v) is 11.6. The lowest BCUT2D eigenvalue weighted by molar-refractivity contribution is 0.0679. The van der Waals surface area contributed by atoms with Gasteiger partial charge in [-0.2, -0.15) is 0 Å². The van der Waals surface area contributed by atoms with Gasteiger partial charge in [0.25, 0.3) is 0 Å². The third kappa shape index (κ3) is 9.98. The fourth-order valence-corrected chi connectivity index (χ4v) is 4.10. The fourth-order valence-electron chi connectivity index (χ4n) is 2.64. The second-order valence-corrected chi connectivity index (χ2v) is 7.72. The number of hydrogen-bond acceptors (Lipinski definition) is 3. The van der Waals surface area contributed by atoms with Gasteiger partial charge in [-0.15, -0.1) is 13.2 Å². The summed E-state index contributed by atoms with van der Waals surface area (Å²) in [5.41, 5.74) is 1.40. The molecule has 0 aliphatic carbocycles. The predicted octanol–water partition coefficient (Wildman–Crippen LogP) is 5.49. The summed E-state index contributed by atoms with van der Waals surface area (Å²) >= 11 is 0. The molecule has 1 aliphatic heterocycles. The summed E-state index contributed by atoms with van der Waals surface area (Å²) in [5, 5.41) is 7.00. The van der Waals surface area contributed by atoms with Crippen LogP contribution in [0.4, 0.5) is 0 Å². The van der Waals surface area contributed by atoms with Crippen LogP contribution in [0.2, 0.25) is 0 Å². The summed E-state index contributed by atoms with van der Waals surface area (Å²) < 4.78 is 11.4. The van der Waals surface area contributed by atoms with Crippen molar-refractivity contribution >= 4 is 10.9 Å². The maximum absolute atomic E-state index is 7.00. The topological polar surface area (TPSA) is 38.7 Å². The molecule has 28 heavy (non-hydrogen) atoms. The standard InChI is InChI=1S/C19H23O2S.C2H6.C2H4.CH4O/c1-22(15-16-6-3-2-4-7-16)19-11-9-17(10-12-19)21-14-18-8-5-13-20-18;3*1-2/h2-4,6-7,9-12,18H,5,8,13-15H2,1H3;1-2H3;1-2H2;2H,1H3/q+1;;;. The van der Waals surface area contributed by atoms with E-state index in [1.54, 1.807) is 0 Å². The zero-order valence-electron chi connectivity index (χ0n) is 17.9. The summed E-state index contributed by atoms with van der Waals surface area (Å²) in [5.74, 6) is 2.03. The zero-order chi connectivity index (χ0) is 21.2. The van der Waals surface area contributed by atoms with E-state index < -0.39 is 0 Å². The third-order valence-corrected chi connectivity index (χ3v) is 5.76. The Labute approximate surface area is 174 Å². The van der Waals surface area contributed by atoms with E-state index in [2.05, 4.69) is 74.0 Å². The Morgan fingerprint density at radius 3 is 2.18 bits per heavy atom. The molecule has 0 bridgehead atoms. The van der Waals surface area contributed by atoms with Gasteiger partial charge in [-0.1, -0.05) is 44.2 Å². The van der Waals surface area contributed by atoms with Crippen molar-refractivity contribution in [2.75, 3.05) is 26.6 Å². The van der Waals surface area contributed by atoms with Crippen molar-refractivity contribution in [3.05, 3.63) is 73.3 Å². The highest BCUT2D eigenvalue weighted by Crippen LogP contribution is 2.21. The summed E-state index contributed by atoms with van der Waals surface area (Å²) in [4.78, 5) is 1.38. The molecular weight excluding hydrogens is 368 g/mol. The lowest BCUT2D eigenvalue weighted by atomic mass is 10.2. The van der Waals surface area contributed by atoms with Crippen LogP contribution in [0.15, 0.2) is 72.7 Å². The van der Waals surface area contributed by atoms with E-state index in [1.807, 2.05) is 13.8 Å². The SMILES string of the molecule is C=C.CC.CO.C[S+](Cc1ccccc1)c1ccc(OCC2CCCO2)cc1. The zero-order valence-corrected chi connectivity index (χ0v) is 18.7. The number of benzene rings is 2. The van der Waals surface area contributed by atoms with Gasteiger partial charge in [0, 0.05) is 30.2 Å². The Morgan fingerprint density at radius 2 is 1.64 bits per heavy atom.